The summed E-state index contributed by atoms with van der Waals surface area (Å²) in [5.74, 6) is 0.339. The van der Waals surface area contributed by atoms with E-state index in [4.69, 9.17) is 9.84 Å². The summed E-state index contributed by atoms with van der Waals surface area (Å²) in [5, 5.41) is 7.56. The molecule has 0 saturated heterocycles. The normalized spacial score (nSPS) is 16.9. The number of methoxy groups -OCH3 is 1. The minimum absolute atomic E-state index is 0.0315. The zero-order chi connectivity index (χ0) is 20.2. The first-order valence-corrected chi connectivity index (χ1v) is 10.7. The summed E-state index contributed by atoms with van der Waals surface area (Å²) in [7, 11) is 1.59. The van der Waals surface area contributed by atoms with Crippen LogP contribution in [0.1, 0.15) is 83.1 Å². The number of carbonyl (C=O) groups is 2. The van der Waals surface area contributed by atoms with Crippen molar-refractivity contribution in [1.82, 2.24) is 15.1 Å². The number of Topliss-reactive ketones (excluding diaryl/α,β-unsaturated/α-hetero) is 1. The minimum atomic E-state index is -0.237. The Morgan fingerprint density at radius 2 is 1.79 bits per heavy atom. The predicted octanol–water partition coefficient (Wildman–Crippen LogP) is 3.89. The van der Waals surface area contributed by atoms with Gasteiger partial charge >= 0.3 is 0 Å². The average Bonchev–Trinajstić information content (AvgIpc) is 3.18. The Hall–Kier alpha value is -2.63. The summed E-state index contributed by atoms with van der Waals surface area (Å²) in [6.45, 7) is -0.0315. The van der Waals surface area contributed by atoms with Gasteiger partial charge in [-0.05, 0) is 62.8 Å². The van der Waals surface area contributed by atoms with E-state index in [0.717, 1.165) is 44.1 Å². The molecule has 1 saturated carbocycles. The number of hydrogen-bond acceptors (Lipinski definition) is 4. The van der Waals surface area contributed by atoms with Gasteiger partial charge in [-0.2, -0.15) is 5.10 Å². The van der Waals surface area contributed by atoms with Crippen LogP contribution in [-0.4, -0.2) is 35.1 Å². The molecule has 1 amide bonds. The predicted molar refractivity (Wildman–Crippen MR) is 111 cm³/mol. The summed E-state index contributed by atoms with van der Waals surface area (Å²) in [6, 6.07) is 7.34. The van der Waals surface area contributed by atoms with Crippen molar-refractivity contribution in [2.24, 2.45) is 0 Å². The minimum Gasteiger partial charge on any atom is -0.497 e. The van der Waals surface area contributed by atoms with E-state index in [1.807, 2.05) is 0 Å². The number of benzene rings is 1. The molecule has 29 heavy (non-hydrogen) atoms. The van der Waals surface area contributed by atoms with E-state index in [1.54, 1.807) is 31.4 Å². The number of ketones is 1. The molecule has 1 N–H and O–H groups in total. The zero-order valence-electron chi connectivity index (χ0n) is 17.1. The van der Waals surface area contributed by atoms with E-state index in [9.17, 15) is 9.59 Å². The Balaban J connectivity index is 1.47. The van der Waals surface area contributed by atoms with Gasteiger partial charge in [0.25, 0.3) is 5.91 Å². The Bertz CT molecular complexity index is 880. The van der Waals surface area contributed by atoms with Crippen molar-refractivity contribution in [3.05, 3.63) is 46.8 Å². The lowest BCUT2D eigenvalue weighted by Gasteiger charge is -2.25. The molecule has 0 unspecified atom stereocenters. The third-order valence-electron chi connectivity index (χ3n) is 6.17. The Kier molecular flexibility index (Phi) is 5.97. The van der Waals surface area contributed by atoms with Gasteiger partial charge in [-0.15, -0.1) is 0 Å². The van der Waals surface area contributed by atoms with E-state index in [0.29, 0.717) is 23.0 Å². The van der Waals surface area contributed by atoms with Gasteiger partial charge in [0, 0.05) is 16.8 Å². The standard InChI is InChI=1S/C23H29N3O3/c1-29-18-13-11-16(12-14-18)21(27)15-24-23(28)22-19-9-5-6-10-20(19)26(25-22)17-7-3-2-4-8-17/h11-14,17H,2-10,15H2,1H3,(H,24,28). The third-order valence-corrected chi connectivity index (χ3v) is 6.17. The Labute approximate surface area is 171 Å². The molecule has 0 radical (unpaired) electrons. The molecular formula is C23H29N3O3. The van der Waals surface area contributed by atoms with Crippen LogP contribution in [0.5, 0.6) is 5.75 Å². The summed E-state index contributed by atoms with van der Waals surface area (Å²) in [6.07, 6.45) is 10.2. The molecule has 154 valence electrons. The van der Waals surface area contributed by atoms with Crippen LogP contribution in [0, 0.1) is 0 Å². The van der Waals surface area contributed by atoms with Crippen molar-refractivity contribution >= 4 is 11.7 Å². The number of fused-ring (bicyclic) bond motifs is 1. The molecule has 1 aromatic carbocycles. The molecule has 1 fully saturated rings. The smallest absolute Gasteiger partial charge is 0.272 e. The lowest BCUT2D eigenvalue weighted by molar-refractivity contribution is 0.0899. The summed E-state index contributed by atoms with van der Waals surface area (Å²) in [5.41, 5.74) is 3.42. The second-order valence-corrected chi connectivity index (χ2v) is 8.05. The zero-order valence-corrected chi connectivity index (χ0v) is 17.1. The van der Waals surface area contributed by atoms with Crippen molar-refractivity contribution in [3.8, 4) is 5.75 Å². The maximum absolute atomic E-state index is 12.9. The molecular weight excluding hydrogens is 366 g/mol. The van der Waals surface area contributed by atoms with Crippen LogP contribution < -0.4 is 10.1 Å². The Morgan fingerprint density at radius 1 is 1.07 bits per heavy atom. The molecule has 0 atom stereocenters. The van der Waals surface area contributed by atoms with Crippen LogP contribution in [0.4, 0.5) is 0 Å². The highest BCUT2D eigenvalue weighted by Crippen LogP contribution is 2.33. The van der Waals surface area contributed by atoms with E-state index < -0.39 is 0 Å². The average molecular weight is 396 g/mol. The second kappa shape index (κ2) is 8.80. The SMILES string of the molecule is COc1ccc(C(=O)CNC(=O)c2nn(C3CCCCC3)c3c2CCCC3)cc1. The molecule has 6 heteroatoms. The van der Waals surface area contributed by atoms with Crippen molar-refractivity contribution in [1.29, 1.82) is 0 Å². The fraction of sp³-hybridized carbons (Fsp3) is 0.522. The van der Waals surface area contributed by atoms with Gasteiger partial charge in [0.15, 0.2) is 11.5 Å². The van der Waals surface area contributed by atoms with E-state index in [2.05, 4.69) is 10.00 Å². The summed E-state index contributed by atoms with van der Waals surface area (Å²) in [4.78, 5) is 25.3. The molecule has 2 aromatic rings. The van der Waals surface area contributed by atoms with Gasteiger partial charge in [-0.25, -0.2) is 0 Å². The maximum Gasteiger partial charge on any atom is 0.272 e. The van der Waals surface area contributed by atoms with Crippen LogP contribution in [0.25, 0.3) is 0 Å². The molecule has 4 rings (SSSR count). The highest BCUT2D eigenvalue weighted by atomic mass is 16.5. The van der Waals surface area contributed by atoms with Gasteiger partial charge < -0.3 is 10.1 Å². The first-order chi connectivity index (χ1) is 14.2. The van der Waals surface area contributed by atoms with Crippen LogP contribution in [-0.2, 0) is 12.8 Å². The first-order valence-electron chi connectivity index (χ1n) is 10.7. The van der Waals surface area contributed by atoms with E-state index in [-0.39, 0.29) is 18.2 Å². The van der Waals surface area contributed by atoms with Crippen molar-refractivity contribution in [2.45, 2.75) is 63.8 Å². The molecule has 6 nitrogen and oxygen atoms in total. The number of hydrogen-bond donors (Lipinski definition) is 1. The number of nitrogens with zero attached hydrogens (tertiary/aromatic N) is 2. The fourth-order valence-electron chi connectivity index (χ4n) is 4.56. The Morgan fingerprint density at radius 3 is 2.52 bits per heavy atom. The van der Waals surface area contributed by atoms with Crippen LogP contribution in [0.2, 0.25) is 0 Å². The van der Waals surface area contributed by atoms with Crippen LogP contribution in [0.3, 0.4) is 0 Å². The molecule has 2 aliphatic carbocycles. The highest BCUT2D eigenvalue weighted by Gasteiger charge is 2.28. The van der Waals surface area contributed by atoms with Gasteiger partial charge in [0.1, 0.15) is 5.75 Å². The van der Waals surface area contributed by atoms with Gasteiger partial charge in [0.2, 0.25) is 0 Å². The highest BCUT2D eigenvalue weighted by molar-refractivity contribution is 6.02. The van der Waals surface area contributed by atoms with Crippen molar-refractivity contribution in [2.75, 3.05) is 13.7 Å². The maximum atomic E-state index is 12.9. The summed E-state index contributed by atoms with van der Waals surface area (Å²) < 4.78 is 7.27. The molecule has 0 aliphatic heterocycles. The number of aromatic nitrogens is 2. The molecule has 0 spiro atoms. The van der Waals surface area contributed by atoms with Crippen molar-refractivity contribution < 1.29 is 14.3 Å². The lowest BCUT2D eigenvalue weighted by Crippen LogP contribution is -2.30. The van der Waals surface area contributed by atoms with Gasteiger partial charge in [-0.3, -0.25) is 14.3 Å². The van der Waals surface area contributed by atoms with Gasteiger partial charge in [-0.1, -0.05) is 19.3 Å². The molecule has 1 heterocycles. The molecule has 2 aliphatic rings. The number of carbonyl (C=O) groups excluding carboxylic acids is 2. The third kappa shape index (κ3) is 4.21. The van der Waals surface area contributed by atoms with Crippen LogP contribution >= 0.6 is 0 Å². The largest absolute Gasteiger partial charge is 0.497 e. The fourth-order valence-corrected chi connectivity index (χ4v) is 4.56. The monoisotopic (exact) mass is 395 g/mol. The lowest BCUT2D eigenvalue weighted by atomic mass is 9.92. The topological polar surface area (TPSA) is 73.2 Å². The molecule has 1 aromatic heterocycles. The molecule has 0 bridgehead atoms. The number of ether oxygens (including phenoxy) is 1. The van der Waals surface area contributed by atoms with Crippen LogP contribution in [0.15, 0.2) is 24.3 Å². The van der Waals surface area contributed by atoms with Gasteiger partial charge in [0.05, 0.1) is 19.7 Å². The van der Waals surface area contributed by atoms with E-state index in [1.165, 1.54) is 25.0 Å². The van der Waals surface area contributed by atoms with E-state index >= 15 is 0 Å². The number of amides is 1. The summed E-state index contributed by atoms with van der Waals surface area (Å²) >= 11 is 0. The van der Waals surface area contributed by atoms with Crippen molar-refractivity contribution in [3.63, 3.8) is 0 Å². The second-order valence-electron chi connectivity index (χ2n) is 8.05. The number of nitrogens with one attached hydrogen (secondary N) is 1. The quantitative estimate of drug-likeness (QED) is 0.753. The number of rotatable bonds is 6. The first kappa shape index (κ1) is 19.7.